The van der Waals surface area contributed by atoms with Gasteiger partial charge in [-0.15, -0.1) is 0 Å². The van der Waals surface area contributed by atoms with Crippen molar-refractivity contribution in [2.45, 2.75) is 65.7 Å². The topological polar surface area (TPSA) is 76.5 Å². The number of unbranched alkanes of at least 4 members (excludes halogenated alkanes) is 3. The summed E-state index contributed by atoms with van der Waals surface area (Å²) < 4.78 is 6.04. The second-order valence-corrected chi connectivity index (χ2v) is 9.44. The van der Waals surface area contributed by atoms with E-state index in [9.17, 15) is 9.59 Å². The third kappa shape index (κ3) is 7.17. The lowest BCUT2D eigenvalue weighted by Gasteiger charge is -2.19. The van der Waals surface area contributed by atoms with Crippen LogP contribution in [0.5, 0.6) is 0 Å². The van der Waals surface area contributed by atoms with Crippen LogP contribution in [0.3, 0.4) is 0 Å². The van der Waals surface area contributed by atoms with E-state index in [0.717, 1.165) is 38.0 Å². The minimum Gasteiger partial charge on any atom is -0.460 e. The summed E-state index contributed by atoms with van der Waals surface area (Å²) in [6.45, 7) is 9.76. The molecule has 0 unspecified atom stereocenters. The number of furan rings is 1. The average Bonchev–Trinajstić information content (AvgIpc) is 3.26. The molecule has 2 aromatic carbocycles. The molecule has 192 valence electrons. The largest absolute Gasteiger partial charge is 0.460 e. The first-order valence-corrected chi connectivity index (χ1v) is 13.4. The van der Waals surface area contributed by atoms with E-state index in [4.69, 9.17) is 10.2 Å². The van der Waals surface area contributed by atoms with Gasteiger partial charge in [0.05, 0.1) is 5.56 Å². The third-order valence-electron chi connectivity index (χ3n) is 6.53. The van der Waals surface area contributed by atoms with Crippen LogP contribution in [0.1, 0.15) is 96.9 Å². The molecule has 1 aromatic heterocycles. The lowest BCUT2D eigenvalue weighted by Crippen LogP contribution is -2.26. The number of aryl methyl sites for hydroxylation is 1. The standard InChI is InChI=1S/C31H40N2O3/c1-4-7-12-28-29(26-22-25(31(32)35)17-18-27(26)36-28)30(34)24-15-13-23(14-16-24)11-10-21-33(19-8-5-2)20-9-6-3/h10-11,13-18,22H,4-9,12,19-21H2,1-3H3,(H2,32,35). The van der Waals surface area contributed by atoms with Crippen molar-refractivity contribution >= 4 is 28.7 Å². The van der Waals surface area contributed by atoms with Gasteiger partial charge in [0.2, 0.25) is 5.91 Å². The number of ketones is 1. The highest BCUT2D eigenvalue weighted by molar-refractivity contribution is 6.17. The second kappa shape index (κ2) is 13.8. The zero-order valence-electron chi connectivity index (χ0n) is 22.0. The maximum absolute atomic E-state index is 13.6. The van der Waals surface area contributed by atoms with E-state index in [1.165, 1.54) is 25.7 Å². The fourth-order valence-electron chi connectivity index (χ4n) is 4.35. The third-order valence-corrected chi connectivity index (χ3v) is 6.53. The van der Waals surface area contributed by atoms with Crippen LogP contribution in [0, 0.1) is 0 Å². The van der Waals surface area contributed by atoms with Crippen molar-refractivity contribution in [1.82, 2.24) is 4.90 Å². The van der Waals surface area contributed by atoms with Crippen molar-refractivity contribution in [2.75, 3.05) is 19.6 Å². The number of primary amides is 1. The van der Waals surface area contributed by atoms with Crippen LogP contribution in [0.2, 0.25) is 0 Å². The summed E-state index contributed by atoms with van der Waals surface area (Å²) in [6.07, 6.45) is 11.8. The lowest BCUT2D eigenvalue weighted by molar-refractivity contribution is 0.0998. The molecule has 0 saturated heterocycles. The summed E-state index contributed by atoms with van der Waals surface area (Å²) in [5.41, 5.74) is 8.66. The lowest BCUT2D eigenvalue weighted by atomic mass is 9.96. The Labute approximate surface area is 215 Å². The molecule has 0 bridgehead atoms. The van der Waals surface area contributed by atoms with Crippen LogP contribution in [0.4, 0.5) is 0 Å². The Morgan fingerprint density at radius 3 is 2.14 bits per heavy atom. The Bertz CT molecular complexity index is 1170. The van der Waals surface area contributed by atoms with Crippen molar-refractivity contribution in [3.8, 4) is 0 Å². The van der Waals surface area contributed by atoms with Crippen LogP contribution in [0.25, 0.3) is 17.0 Å². The molecule has 0 atom stereocenters. The van der Waals surface area contributed by atoms with E-state index in [-0.39, 0.29) is 5.78 Å². The predicted octanol–water partition coefficient (Wildman–Crippen LogP) is 7.02. The van der Waals surface area contributed by atoms with E-state index in [0.29, 0.717) is 39.8 Å². The van der Waals surface area contributed by atoms with E-state index in [1.54, 1.807) is 18.2 Å². The molecule has 0 aliphatic carbocycles. The highest BCUT2D eigenvalue weighted by Gasteiger charge is 2.22. The van der Waals surface area contributed by atoms with Crippen LogP contribution in [0.15, 0.2) is 53.0 Å². The first kappa shape index (κ1) is 27.4. The zero-order chi connectivity index (χ0) is 25.9. The molecule has 1 amide bonds. The number of benzene rings is 2. The van der Waals surface area contributed by atoms with Gasteiger partial charge in [-0.2, -0.15) is 0 Å². The normalized spacial score (nSPS) is 11.7. The molecular weight excluding hydrogens is 448 g/mol. The van der Waals surface area contributed by atoms with Crippen molar-refractivity contribution in [1.29, 1.82) is 0 Å². The number of hydrogen-bond acceptors (Lipinski definition) is 4. The van der Waals surface area contributed by atoms with Gasteiger partial charge in [0.15, 0.2) is 5.78 Å². The molecular formula is C31H40N2O3. The van der Waals surface area contributed by atoms with Crippen molar-refractivity contribution in [3.63, 3.8) is 0 Å². The van der Waals surface area contributed by atoms with Gasteiger partial charge in [0.1, 0.15) is 11.3 Å². The number of nitrogens with zero attached hydrogens (tertiary/aromatic N) is 1. The molecule has 0 spiro atoms. The summed E-state index contributed by atoms with van der Waals surface area (Å²) in [4.78, 5) is 27.8. The fraction of sp³-hybridized carbons (Fsp3) is 0.419. The Morgan fingerprint density at radius 2 is 1.53 bits per heavy atom. The first-order valence-electron chi connectivity index (χ1n) is 13.4. The van der Waals surface area contributed by atoms with E-state index >= 15 is 0 Å². The Morgan fingerprint density at radius 1 is 0.889 bits per heavy atom. The molecule has 5 heteroatoms. The molecule has 36 heavy (non-hydrogen) atoms. The number of amides is 1. The van der Waals surface area contributed by atoms with Crippen molar-refractivity contribution in [3.05, 3.63) is 76.6 Å². The number of carbonyl (C=O) groups excluding carboxylic acids is 2. The number of fused-ring (bicyclic) bond motifs is 1. The number of nitrogens with two attached hydrogens (primary N) is 1. The molecule has 0 aliphatic rings. The second-order valence-electron chi connectivity index (χ2n) is 9.44. The fourth-order valence-corrected chi connectivity index (χ4v) is 4.35. The quantitative estimate of drug-likeness (QED) is 0.233. The SMILES string of the molecule is CCCCc1oc2ccc(C(N)=O)cc2c1C(=O)c1ccc(C=CCN(CCCC)CCCC)cc1. The first-order chi connectivity index (χ1) is 17.5. The van der Waals surface area contributed by atoms with E-state index in [2.05, 4.69) is 37.8 Å². The molecule has 0 saturated carbocycles. The van der Waals surface area contributed by atoms with E-state index < -0.39 is 5.91 Å². The Kier molecular flexibility index (Phi) is 10.5. The predicted molar refractivity (Wildman–Crippen MR) is 149 cm³/mol. The van der Waals surface area contributed by atoms with Gasteiger partial charge in [0.25, 0.3) is 0 Å². The molecule has 5 nitrogen and oxygen atoms in total. The van der Waals surface area contributed by atoms with Crippen LogP contribution in [-0.4, -0.2) is 36.2 Å². The highest BCUT2D eigenvalue weighted by atomic mass is 16.3. The zero-order valence-corrected chi connectivity index (χ0v) is 22.0. The molecule has 3 rings (SSSR count). The minimum atomic E-state index is -0.522. The average molecular weight is 489 g/mol. The molecule has 2 N–H and O–H groups in total. The molecule has 1 heterocycles. The smallest absolute Gasteiger partial charge is 0.248 e. The number of carbonyl (C=O) groups is 2. The Hall–Kier alpha value is -3.18. The molecule has 0 aliphatic heterocycles. The summed E-state index contributed by atoms with van der Waals surface area (Å²) in [5.74, 6) is 0.0507. The summed E-state index contributed by atoms with van der Waals surface area (Å²) in [5, 5.41) is 0.644. The Balaban J connectivity index is 1.80. The molecule has 3 aromatic rings. The van der Waals surface area contributed by atoms with Gasteiger partial charge < -0.3 is 10.2 Å². The maximum atomic E-state index is 13.6. The van der Waals surface area contributed by atoms with Gasteiger partial charge >= 0.3 is 0 Å². The van der Waals surface area contributed by atoms with Gasteiger partial charge in [0, 0.05) is 29.5 Å². The summed E-state index contributed by atoms with van der Waals surface area (Å²) >= 11 is 0. The molecule has 0 fully saturated rings. The van der Waals surface area contributed by atoms with Gasteiger partial charge in [-0.3, -0.25) is 14.5 Å². The maximum Gasteiger partial charge on any atom is 0.248 e. The van der Waals surface area contributed by atoms with Crippen LogP contribution >= 0.6 is 0 Å². The van der Waals surface area contributed by atoms with Gasteiger partial charge in [-0.25, -0.2) is 0 Å². The van der Waals surface area contributed by atoms with Gasteiger partial charge in [-0.05, 0) is 56.1 Å². The number of rotatable bonds is 15. The number of hydrogen-bond donors (Lipinski definition) is 1. The monoisotopic (exact) mass is 488 g/mol. The minimum absolute atomic E-state index is 0.0951. The van der Waals surface area contributed by atoms with Crippen molar-refractivity contribution in [2.24, 2.45) is 5.73 Å². The van der Waals surface area contributed by atoms with Crippen LogP contribution in [-0.2, 0) is 6.42 Å². The molecule has 0 radical (unpaired) electrons. The van der Waals surface area contributed by atoms with Crippen LogP contribution < -0.4 is 5.73 Å². The summed E-state index contributed by atoms with van der Waals surface area (Å²) in [7, 11) is 0. The van der Waals surface area contributed by atoms with Gasteiger partial charge in [-0.1, -0.05) is 76.5 Å². The van der Waals surface area contributed by atoms with E-state index in [1.807, 2.05) is 24.3 Å². The summed E-state index contributed by atoms with van der Waals surface area (Å²) in [6, 6.07) is 12.7. The van der Waals surface area contributed by atoms with Crippen molar-refractivity contribution < 1.29 is 14.0 Å². The highest BCUT2D eigenvalue weighted by Crippen LogP contribution is 2.30.